The Bertz CT molecular complexity index is 1270. The molecule has 0 bridgehead atoms. The molecule has 0 unspecified atom stereocenters. The van der Waals surface area contributed by atoms with E-state index < -0.39 is 11.7 Å². The number of carbonyl (C=O) groups is 2. The Labute approximate surface area is 209 Å². The van der Waals surface area contributed by atoms with E-state index in [0.29, 0.717) is 5.69 Å². The third kappa shape index (κ3) is 5.60. The van der Waals surface area contributed by atoms with E-state index in [-0.39, 0.29) is 46.2 Å². The van der Waals surface area contributed by atoms with E-state index in [0.717, 1.165) is 31.6 Å². The number of carbonyl (C=O) groups excluding carboxylic acids is 2. The number of nitrogen functional groups attached to an aromatic ring is 1. The molecule has 1 aromatic carbocycles. The normalized spacial score (nSPS) is 14.1. The molecule has 0 spiro atoms. The quantitative estimate of drug-likeness (QED) is 0.415. The molecule has 9 nitrogen and oxygen atoms in total. The summed E-state index contributed by atoms with van der Waals surface area (Å²) < 4.78 is 14.7. The van der Waals surface area contributed by atoms with Crippen molar-refractivity contribution in [2.45, 2.75) is 38.8 Å². The van der Waals surface area contributed by atoms with Gasteiger partial charge in [0.1, 0.15) is 5.82 Å². The second kappa shape index (κ2) is 10.7. The summed E-state index contributed by atoms with van der Waals surface area (Å²) in [6, 6.07) is 8.96. The highest BCUT2D eigenvalue weighted by atomic mass is 19.1. The fraction of sp³-hybridized carbons (Fsp3) is 0.308. The van der Waals surface area contributed by atoms with Gasteiger partial charge in [0.05, 0.1) is 29.0 Å². The van der Waals surface area contributed by atoms with Crippen LogP contribution in [0.3, 0.4) is 0 Å². The van der Waals surface area contributed by atoms with Gasteiger partial charge in [-0.25, -0.2) is 9.37 Å². The lowest BCUT2D eigenvalue weighted by Gasteiger charge is -2.33. The summed E-state index contributed by atoms with van der Waals surface area (Å²) in [6.07, 6.45) is 4.94. The maximum absolute atomic E-state index is 14.7. The van der Waals surface area contributed by atoms with Crippen LogP contribution in [0.4, 0.5) is 21.5 Å². The van der Waals surface area contributed by atoms with Crippen molar-refractivity contribution >= 4 is 28.9 Å². The van der Waals surface area contributed by atoms with Gasteiger partial charge in [0, 0.05) is 42.5 Å². The standard InChI is InChI=1S/C26H30FN7O2/c1-15(2)31-25(35)16-3-4-19(27)18(13-16)21-6-5-20(29)24(32-21)26(36)33-22-14-30-10-7-23(22)34-11-8-17(28)9-12-34/h3-7,10,13-15,17H,8-9,11-12,28-29H2,1-2H3,(H,31,35)(H,33,36). The number of halogens is 1. The van der Waals surface area contributed by atoms with Crippen LogP contribution in [0.5, 0.6) is 0 Å². The zero-order valence-electron chi connectivity index (χ0n) is 20.3. The zero-order chi connectivity index (χ0) is 25.8. The molecule has 1 aliphatic heterocycles. The van der Waals surface area contributed by atoms with Gasteiger partial charge in [0.2, 0.25) is 0 Å². The number of pyridine rings is 2. The summed E-state index contributed by atoms with van der Waals surface area (Å²) in [4.78, 5) is 36.3. The van der Waals surface area contributed by atoms with E-state index in [1.165, 1.54) is 30.3 Å². The van der Waals surface area contributed by atoms with Gasteiger partial charge < -0.3 is 27.0 Å². The zero-order valence-corrected chi connectivity index (χ0v) is 20.3. The lowest BCUT2D eigenvalue weighted by atomic mass is 10.0. The summed E-state index contributed by atoms with van der Waals surface area (Å²) >= 11 is 0. The molecular formula is C26H30FN7O2. The first-order valence-corrected chi connectivity index (χ1v) is 11.9. The number of hydrogen-bond acceptors (Lipinski definition) is 7. The van der Waals surface area contributed by atoms with Crippen LogP contribution >= 0.6 is 0 Å². The number of anilines is 3. The van der Waals surface area contributed by atoms with Crippen molar-refractivity contribution in [2.75, 3.05) is 29.0 Å². The van der Waals surface area contributed by atoms with Crippen molar-refractivity contribution < 1.29 is 14.0 Å². The van der Waals surface area contributed by atoms with Gasteiger partial charge in [0.25, 0.3) is 11.8 Å². The molecule has 1 saturated heterocycles. The van der Waals surface area contributed by atoms with Crippen LogP contribution in [0.1, 0.15) is 47.5 Å². The maximum Gasteiger partial charge on any atom is 0.276 e. The molecule has 188 valence electrons. The van der Waals surface area contributed by atoms with Crippen molar-refractivity contribution in [1.29, 1.82) is 0 Å². The molecule has 2 amide bonds. The number of benzene rings is 1. The predicted octanol–water partition coefficient (Wildman–Crippen LogP) is 3.18. The van der Waals surface area contributed by atoms with Crippen LogP contribution in [-0.2, 0) is 0 Å². The smallest absolute Gasteiger partial charge is 0.276 e. The van der Waals surface area contributed by atoms with E-state index in [2.05, 4.69) is 25.5 Å². The highest BCUT2D eigenvalue weighted by Crippen LogP contribution is 2.29. The van der Waals surface area contributed by atoms with Crippen LogP contribution in [0.15, 0.2) is 48.8 Å². The third-order valence-electron chi connectivity index (χ3n) is 5.99. The molecule has 3 aromatic rings. The molecule has 4 rings (SSSR count). The number of aromatic nitrogens is 2. The SMILES string of the molecule is CC(C)NC(=O)c1ccc(F)c(-c2ccc(N)c(C(=O)Nc3cnccc3N3CCC(N)CC3)n2)c1. The van der Waals surface area contributed by atoms with Crippen LogP contribution in [-0.4, -0.2) is 47.0 Å². The maximum atomic E-state index is 14.7. The summed E-state index contributed by atoms with van der Waals surface area (Å²) in [5.41, 5.74) is 14.1. The molecular weight excluding hydrogens is 461 g/mol. The Kier molecular flexibility index (Phi) is 7.44. The predicted molar refractivity (Wildman–Crippen MR) is 138 cm³/mol. The minimum Gasteiger partial charge on any atom is -0.397 e. The molecule has 10 heteroatoms. The summed E-state index contributed by atoms with van der Waals surface area (Å²) in [5.74, 6) is -1.45. The molecule has 6 N–H and O–H groups in total. The molecule has 1 fully saturated rings. The minimum absolute atomic E-state index is 0.0561. The van der Waals surface area contributed by atoms with E-state index in [4.69, 9.17) is 11.5 Å². The van der Waals surface area contributed by atoms with Crippen LogP contribution in [0.2, 0.25) is 0 Å². The number of hydrogen-bond donors (Lipinski definition) is 4. The largest absolute Gasteiger partial charge is 0.397 e. The van der Waals surface area contributed by atoms with Crippen molar-refractivity contribution in [3.63, 3.8) is 0 Å². The Morgan fingerprint density at radius 1 is 1.11 bits per heavy atom. The molecule has 2 aromatic heterocycles. The first kappa shape index (κ1) is 25.1. The summed E-state index contributed by atoms with van der Waals surface area (Å²) in [5, 5.41) is 5.62. The third-order valence-corrected chi connectivity index (χ3v) is 5.99. The summed E-state index contributed by atoms with van der Waals surface area (Å²) in [6.45, 7) is 5.21. The van der Waals surface area contributed by atoms with Gasteiger partial charge >= 0.3 is 0 Å². The molecule has 1 aliphatic rings. The monoisotopic (exact) mass is 491 g/mol. The van der Waals surface area contributed by atoms with Crippen LogP contribution in [0, 0.1) is 5.82 Å². The fourth-order valence-electron chi connectivity index (χ4n) is 4.09. The fourth-order valence-corrected chi connectivity index (χ4v) is 4.09. The summed E-state index contributed by atoms with van der Waals surface area (Å²) in [7, 11) is 0. The average Bonchev–Trinajstić information content (AvgIpc) is 2.85. The van der Waals surface area contributed by atoms with Crippen molar-refractivity contribution in [3.8, 4) is 11.3 Å². The van der Waals surface area contributed by atoms with Crippen LogP contribution in [0.25, 0.3) is 11.3 Å². The van der Waals surface area contributed by atoms with E-state index in [9.17, 15) is 14.0 Å². The Balaban J connectivity index is 1.61. The lowest BCUT2D eigenvalue weighted by Crippen LogP contribution is -2.40. The lowest BCUT2D eigenvalue weighted by molar-refractivity contribution is 0.0942. The van der Waals surface area contributed by atoms with Crippen molar-refractivity contribution in [2.24, 2.45) is 5.73 Å². The molecule has 0 atom stereocenters. The first-order valence-electron chi connectivity index (χ1n) is 11.9. The van der Waals surface area contributed by atoms with Crippen molar-refractivity contribution in [1.82, 2.24) is 15.3 Å². The average molecular weight is 492 g/mol. The highest BCUT2D eigenvalue weighted by Gasteiger charge is 2.22. The van der Waals surface area contributed by atoms with Gasteiger partial charge in [0.15, 0.2) is 5.69 Å². The van der Waals surface area contributed by atoms with Gasteiger partial charge in [-0.3, -0.25) is 14.6 Å². The number of rotatable bonds is 6. The number of nitrogens with one attached hydrogen (secondary N) is 2. The Morgan fingerprint density at radius 2 is 1.86 bits per heavy atom. The second-order valence-corrected chi connectivity index (χ2v) is 9.13. The molecule has 0 radical (unpaired) electrons. The number of nitrogens with zero attached hydrogens (tertiary/aromatic N) is 3. The topological polar surface area (TPSA) is 139 Å². The van der Waals surface area contributed by atoms with Gasteiger partial charge in [-0.2, -0.15) is 0 Å². The minimum atomic E-state index is -0.572. The van der Waals surface area contributed by atoms with E-state index in [1.807, 2.05) is 19.9 Å². The molecule has 0 saturated carbocycles. The molecule has 3 heterocycles. The van der Waals surface area contributed by atoms with Gasteiger partial charge in [-0.05, 0) is 63.1 Å². The second-order valence-electron chi connectivity index (χ2n) is 9.13. The van der Waals surface area contributed by atoms with Crippen molar-refractivity contribution in [3.05, 3.63) is 65.9 Å². The molecule has 0 aliphatic carbocycles. The number of nitrogens with two attached hydrogens (primary N) is 2. The van der Waals surface area contributed by atoms with E-state index in [1.54, 1.807) is 12.4 Å². The highest BCUT2D eigenvalue weighted by molar-refractivity contribution is 6.08. The van der Waals surface area contributed by atoms with Crippen LogP contribution < -0.4 is 27.0 Å². The number of piperidine rings is 1. The Morgan fingerprint density at radius 3 is 2.58 bits per heavy atom. The molecule has 36 heavy (non-hydrogen) atoms. The Hall–Kier alpha value is -4.05. The first-order chi connectivity index (χ1) is 17.2. The van der Waals surface area contributed by atoms with Gasteiger partial charge in [-0.1, -0.05) is 0 Å². The van der Waals surface area contributed by atoms with Gasteiger partial charge in [-0.15, -0.1) is 0 Å². The number of amides is 2. The van der Waals surface area contributed by atoms with E-state index >= 15 is 0 Å².